The summed E-state index contributed by atoms with van der Waals surface area (Å²) in [6.07, 6.45) is 3.98. The maximum absolute atomic E-state index is 15.5. The van der Waals surface area contributed by atoms with E-state index in [2.05, 4.69) is 4.98 Å². The molecule has 2 aromatic carbocycles. The Kier molecular flexibility index (Phi) is 7.62. The summed E-state index contributed by atoms with van der Waals surface area (Å²) < 4.78 is 28.3. The fourth-order valence-electron chi connectivity index (χ4n) is 5.01. The molecule has 0 spiro atoms. The van der Waals surface area contributed by atoms with E-state index in [0.29, 0.717) is 40.8 Å². The molecule has 40 heavy (non-hydrogen) atoms. The molecule has 0 aliphatic heterocycles. The SMILES string of the molecule is CCc1cc(CN)cc(F)c1N(C)c1cc2c(ncn2C)c(N(Cc2ccc(OC)cc2OC)C(=O)C2CC2)n1. The van der Waals surface area contributed by atoms with E-state index in [1.807, 2.05) is 42.8 Å². The van der Waals surface area contributed by atoms with Crippen molar-refractivity contribution in [1.82, 2.24) is 14.5 Å². The molecule has 5 rings (SSSR count). The normalized spacial score (nSPS) is 13.0. The van der Waals surface area contributed by atoms with E-state index in [0.717, 1.165) is 35.0 Å². The van der Waals surface area contributed by atoms with Gasteiger partial charge in [-0.1, -0.05) is 13.0 Å². The quantitative estimate of drug-likeness (QED) is 0.303. The van der Waals surface area contributed by atoms with Crippen molar-refractivity contribution in [3.05, 3.63) is 65.2 Å². The minimum atomic E-state index is -0.371. The first-order valence-corrected chi connectivity index (χ1v) is 13.4. The predicted molar refractivity (Wildman–Crippen MR) is 154 cm³/mol. The Labute approximate surface area is 233 Å². The number of pyridine rings is 1. The lowest BCUT2D eigenvalue weighted by atomic mass is 10.0. The Hall–Kier alpha value is -4.18. The molecule has 1 aliphatic carbocycles. The van der Waals surface area contributed by atoms with E-state index in [4.69, 9.17) is 20.2 Å². The molecule has 1 fully saturated rings. The minimum absolute atomic E-state index is 0.0233. The van der Waals surface area contributed by atoms with E-state index in [-0.39, 0.29) is 30.7 Å². The van der Waals surface area contributed by atoms with Crippen molar-refractivity contribution in [1.29, 1.82) is 0 Å². The van der Waals surface area contributed by atoms with Crippen LogP contribution < -0.4 is 25.0 Å². The van der Waals surface area contributed by atoms with Gasteiger partial charge in [-0.25, -0.2) is 14.4 Å². The second-order valence-corrected chi connectivity index (χ2v) is 10.1. The number of benzene rings is 2. The number of methoxy groups -OCH3 is 2. The van der Waals surface area contributed by atoms with E-state index < -0.39 is 0 Å². The number of hydrogen-bond donors (Lipinski definition) is 1. The molecule has 2 heterocycles. The molecule has 10 heteroatoms. The minimum Gasteiger partial charge on any atom is -0.497 e. The average molecular weight is 547 g/mol. The third-order valence-corrected chi connectivity index (χ3v) is 7.45. The molecular formula is C30H35FN6O3. The van der Waals surface area contributed by atoms with Gasteiger partial charge < -0.3 is 24.7 Å². The van der Waals surface area contributed by atoms with Crippen molar-refractivity contribution in [3.63, 3.8) is 0 Å². The van der Waals surface area contributed by atoms with Gasteiger partial charge in [0.15, 0.2) is 5.82 Å². The van der Waals surface area contributed by atoms with Gasteiger partial charge in [0.2, 0.25) is 5.91 Å². The number of nitrogens with zero attached hydrogens (tertiary/aromatic N) is 5. The standard InChI is InChI=1S/C30H35FN6O3/c1-6-19-11-18(15-32)12-23(31)28(19)36(3)26-14-24-27(33-17-35(24)2)29(34-26)37(30(38)20-7-8-20)16-21-9-10-22(39-4)13-25(21)40-5/h9-14,17,20H,6-8,15-16,32H2,1-5H3. The van der Waals surface area contributed by atoms with Crippen molar-refractivity contribution >= 4 is 34.3 Å². The van der Waals surface area contributed by atoms with Gasteiger partial charge in [0.1, 0.15) is 28.7 Å². The Morgan fingerprint density at radius 2 is 1.93 bits per heavy atom. The summed E-state index contributed by atoms with van der Waals surface area (Å²) in [6, 6.07) is 10.8. The van der Waals surface area contributed by atoms with Gasteiger partial charge in [-0.15, -0.1) is 0 Å². The van der Waals surface area contributed by atoms with E-state index >= 15 is 4.39 Å². The summed E-state index contributed by atoms with van der Waals surface area (Å²) >= 11 is 0. The van der Waals surface area contributed by atoms with Crippen LogP contribution in [0.3, 0.4) is 0 Å². The molecule has 1 aliphatic rings. The lowest BCUT2D eigenvalue weighted by Crippen LogP contribution is -2.33. The zero-order valence-corrected chi connectivity index (χ0v) is 23.6. The maximum Gasteiger partial charge on any atom is 0.231 e. The molecule has 9 nitrogen and oxygen atoms in total. The summed E-state index contributed by atoms with van der Waals surface area (Å²) in [5.74, 6) is 1.72. The first kappa shape index (κ1) is 27.4. The van der Waals surface area contributed by atoms with Crippen molar-refractivity contribution in [2.45, 2.75) is 39.3 Å². The van der Waals surface area contributed by atoms with Crippen LogP contribution in [0.2, 0.25) is 0 Å². The molecule has 2 N–H and O–H groups in total. The highest BCUT2D eigenvalue weighted by Gasteiger charge is 2.36. The smallest absolute Gasteiger partial charge is 0.231 e. The van der Waals surface area contributed by atoms with Crippen LogP contribution in [0.15, 0.2) is 42.7 Å². The lowest BCUT2D eigenvalue weighted by Gasteiger charge is -2.27. The molecule has 210 valence electrons. The van der Waals surface area contributed by atoms with Crippen molar-refractivity contribution < 1.29 is 18.7 Å². The van der Waals surface area contributed by atoms with Crippen molar-refractivity contribution in [2.24, 2.45) is 18.7 Å². The highest BCUT2D eigenvalue weighted by molar-refractivity contribution is 6.02. The van der Waals surface area contributed by atoms with Gasteiger partial charge in [-0.05, 0) is 48.6 Å². The van der Waals surface area contributed by atoms with Crippen LogP contribution in [-0.2, 0) is 31.4 Å². The highest BCUT2D eigenvalue weighted by atomic mass is 19.1. The highest BCUT2D eigenvalue weighted by Crippen LogP contribution is 2.39. The van der Waals surface area contributed by atoms with Crippen LogP contribution in [0.5, 0.6) is 11.5 Å². The van der Waals surface area contributed by atoms with Crippen LogP contribution in [0.25, 0.3) is 11.0 Å². The number of nitrogens with two attached hydrogens (primary N) is 1. The number of aryl methyl sites for hydroxylation is 2. The number of rotatable bonds is 10. The molecule has 0 unspecified atom stereocenters. The number of carbonyl (C=O) groups excluding carboxylic acids is 1. The number of ether oxygens (including phenoxy) is 2. The van der Waals surface area contributed by atoms with E-state index in [9.17, 15) is 4.79 Å². The third-order valence-electron chi connectivity index (χ3n) is 7.45. The summed E-state index contributed by atoms with van der Waals surface area (Å²) in [5.41, 5.74) is 9.96. The molecule has 0 bridgehead atoms. The summed E-state index contributed by atoms with van der Waals surface area (Å²) in [5, 5.41) is 0. The fraction of sp³-hybridized carbons (Fsp3) is 0.367. The van der Waals surface area contributed by atoms with Gasteiger partial charge >= 0.3 is 0 Å². The van der Waals surface area contributed by atoms with Gasteiger partial charge in [-0.3, -0.25) is 9.69 Å². The Bertz CT molecular complexity index is 1570. The van der Waals surface area contributed by atoms with Crippen LogP contribution in [0.4, 0.5) is 21.7 Å². The molecule has 2 aromatic heterocycles. The topological polar surface area (TPSA) is 98.7 Å². The zero-order chi connectivity index (χ0) is 28.6. The number of anilines is 3. The zero-order valence-electron chi connectivity index (χ0n) is 23.6. The molecule has 1 saturated carbocycles. The summed E-state index contributed by atoms with van der Waals surface area (Å²) in [4.78, 5) is 26.8. The monoisotopic (exact) mass is 546 g/mol. The van der Waals surface area contributed by atoms with Crippen LogP contribution >= 0.6 is 0 Å². The first-order chi connectivity index (χ1) is 19.3. The number of amides is 1. The molecule has 1 amide bonds. The number of hydrogen-bond acceptors (Lipinski definition) is 7. The Balaban J connectivity index is 1.66. The molecule has 0 atom stereocenters. The largest absolute Gasteiger partial charge is 0.497 e. The van der Waals surface area contributed by atoms with Gasteiger partial charge in [0, 0.05) is 44.3 Å². The van der Waals surface area contributed by atoms with Crippen molar-refractivity contribution in [3.8, 4) is 11.5 Å². The second kappa shape index (κ2) is 11.1. The number of imidazole rings is 1. The molecule has 0 radical (unpaired) electrons. The Morgan fingerprint density at radius 1 is 1.15 bits per heavy atom. The fourth-order valence-corrected chi connectivity index (χ4v) is 5.01. The number of halogens is 1. The van der Waals surface area contributed by atoms with E-state index in [1.165, 1.54) is 6.07 Å². The van der Waals surface area contributed by atoms with E-state index in [1.54, 1.807) is 43.5 Å². The van der Waals surface area contributed by atoms with Crippen LogP contribution in [0, 0.1) is 11.7 Å². The molecular weight excluding hydrogens is 511 g/mol. The summed E-state index contributed by atoms with van der Waals surface area (Å²) in [7, 11) is 6.85. The lowest BCUT2D eigenvalue weighted by molar-refractivity contribution is -0.119. The molecule has 0 saturated heterocycles. The summed E-state index contributed by atoms with van der Waals surface area (Å²) in [6.45, 7) is 2.46. The average Bonchev–Trinajstić information content (AvgIpc) is 3.76. The van der Waals surface area contributed by atoms with Crippen LogP contribution in [0.1, 0.15) is 36.5 Å². The second-order valence-electron chi connectivity index (χ2n) is 10.1. The van der Waals surface area contributed by atoms with Gasteiger partial charge in [-0.2, -0.15) is 0 Å². The van der Waals surface area contributed by atoms with Gasteiger partial charge in [0.25, 0.3) is 0 Å². The van der Waals surface area contributed by atoms with Crippen LogP contribution in [-0.4, -0.2) is 41.7 Å². The first-order valence-electron chi connectivity index (χ1n) is 13.4. The Morgan fingerprint density at radius 3 is 2.58 bits per heavy atom. The van der Waals surface area contributed by atoms with Crippen molar-refractivity contribution in [2.75, 3.05) is 31.1 Å². The third kappa shape index (κ3) is 5.06. The number of carbonyl (C=O) groups is 1. The number of aromatic nitrogens is 3. The maximum atomic E-state index is 15.5. The molecule has 4 aromatic rings. The predicted octanol–water partition coefficient (Wildman–Crippen LogP) is 4.86. The number of fused-ring (bicyclic) bond motifs is 1. The van der Waals surface area contributed by atoms with Gasteiger partial charge in [0.05, 0.1) is 38.3 Å².